The smallest absolute Gasteiger partial charge is 0.316 e. The first kappa shape index (κ1) is 28.1. The second kappa shape index (κ2) is 13.7. The Morgan fingerprint density at radius 3 is 2.60 bits per heavy atom. The topological polar surface area (TPSA) is 146 Å². The molecule has 0 unspecified atom stereocenters. The van der Waals surface area contributed by atoms with E-state index >= 15 is 0 Å². The van der Waals surface area contributed by atoms with Crippen molar-refractivity contribution in [2.24, 2.45) is 5.73 Å². The van der Waals surface area contributed by atoms with Gasteiger partial charge in [-0.2, -0.15) is 0 Å². The maximum atomic E-state index is 12.2. The first-order valence-electron chi connectivity index (χ1n) is 11.8. The van der Waals surface area contributed by atoms with Crippen molar-refractivity contribution in [2.45, 2.75) is 51.7 Å². The van der Waals surface area contributed by atoms with Crippen LogP contribution in [-0.4, -0.2) is 54.0 Å². The number of carbonyl (C=O) groups excluding carboxylic acids is 2. The SMILES string of the molecule is CCOCCCNC(=O)Cc1cccc(CC(C)(C)NC[C@H](O)c2ccc(O)c(NC(N)=O)c2)c1. The Hall–Kier alpha value is -3.14. The molecule has 2 rings (SSSR count). The zero-order chi connectivity index (χ0) is 25.8. The average Bonchev–Trinajstić information content (AvgIpc) is 2.78. The van der Waals surface area contributed by atoms with Crippen LogP contribution in [-0.2, 0) is 22.4 Å². The van der Waals surface area contributed by atoms with Crippen LogP contribution in [0.3, 0.4) is 0 Å². The summed E-state index contributed by atoms with van der Waals surface area (Å²) >= 11 is 0. The fourth-order valence-corrected chi connectivity index (χ4v) is 3.70. The lowest BCUT2D eigenvalue weighted by Gasteiger charge is -2.28. The van der Waals surface area contributed by atoms with Gasteiger partial charge in [0.1, 0.15) is 5.75 Å². The van der Waals surface area contributed by atoms with Crippen molar-refractivity contribution in [3.63, 3.8) is 0 Å². The van der Waals surface area contributed by atoms with Crippen LogP contribution in [0.4, 0.5) is 10.5 Å². The third-order valence-corrected chi connectivity index (χ3v) is 5.43. The number of phenols is 1. The first-order chi connectivity index (χ1) is 16.6. The Balaban J connectivity index is 1.89. The van der Waals surface area contributed by atoms with E-state index in [4.69, 9.17) is 10.5 Å². The molecule has 1 atom stereocenters. The van der Waals surface area contributed by atoms with Crippen LogP contribution in [0.2, 0.25) is 0 Å². The summed E-state index contributed by atoms with van der Waals surface area (Å²) in [5.41, 5.74) is 7.48. The second-order valence-corrected chi connectivity index (χ2v) is 9.12. The maximum Gasteiger partial charge on any atom is 0.316 e. The molecule has 0 aliphatic heterocycles. The molecule has 9 heteroatoms. The van der Waals surface area contributed by atoms with E-state index in [9.17, 15) is 19.8 Å². The van der Waals surface area contributed by atoms with Crippen molar-refractivity contribution in [3.8, 4) is 5.75 Å². The summed E-state index contributed by atoms with van der Waals surface area (Å²) in [4.78, 5) is 23.3. The number of aromatic hydroxyl groups is 1. The van der Waals surface area contributed by atoms with E-state index in [1.807, 2.05) is 45.0 Å². The number of hydrogen-bond acceptors (Lipinski definition) is 6. The fourth-order valence-electron chi connectivity index (χ4n) is 3.70. The van der Waals surface area contributed by atoms with Crippen molar-refractivity contribution in [3.05, 3.63) is 59.2 Å². The van der Waals surface area contributed by atoms with Crippen LogP contribution >= 0.6 is 0 Å². The molecule has 35 heavy (non-hydrogen) atoms. The zero-order valence-corrected chi connectivity index (χ0v) is 20.8. The Bertz CT molecular complexity index is 980. The molecule has 0 spiro atoms. The number of carbonyl (C=O) groups is 2. The lowest BCUT2D eigenvalue weighted by atomic mass is 9.93. The van der Waals surface area contributed by atoms with Crippen LogP contribution in [0.1, 0.15) is 50.0 Å². The maximum absolute atomic E-state index is 12.2. The van der Waals surface area contributed by atoms with Gasteiger partial charge in [-0.1, -0.05) is 30.3 Å². The summed E-state index contributed by atoms with van der Waals surface area (Å²) in [5.74, 6) is -0.148. The van der Waals surface area contributed by atoms with Gasteiger partial charge in [0.05, 0.1) is 18.2 Å². The van der Waals surface area contributed by atoms with Crippen molar-refractivity contribution in [1.82, 2.24) is 10.6 Å². The number of aliphatic hydroxyl groups is 1. The minimum absolute atomic E-state index is 0.0155. The molecule has 192 valence electrons. The molecule has 9 nitrogen and oxygen atoms in total. The molecule has 3 amide bonds. The standard InChI is InChI=1S/C26H38N4O5/c1-4-35-12-6-11-28-24(33)14-18-7-5-8-19(13-18)16-26(2,3)29-17-23(32)20-9-10-22(31)21(15-20)30-25(27)34/h5,7-10,13,15,23,29,31-32H,4,6,11-12,14,16-17H2,1-3H3,(H,28,33)(H3,27,30,34)/t23-/m0/s1. The van der Waals surface area contributed by atoms with Crippen LogP contribution < -0.4 is 21.7 Å². The third kappa shape index (κ3) is 10.3. The molecule has 2 aromatic rings. The number of rotatable bonds is 14. The number of primary amides is 1. The van der Waals surface area contributed by atoms with Crippen molar-refractivity contribution >= 4 is 17.6 Å². The molecule has 0 heterocycles. The van der Waals surface area contributed by atoms with Gasteiger partial charge < -0.3 is 36.6 Å². The number of benzene rings is 2. The molecule has 0 bridgehead atoms. The van der Waals surface area contributed by atoms with Gasteiger partial charge in [-0.25, -0.2) is 4.79 Å². The van der Waals surface area contributed by atoms with Gasteiger partial charge in [0.2, 0.25) is 5.91 Å². The highest BCUT2D eigenvalue weighted by Crippen LogP contribution is 2.27. The number of ether oxygens (including phenoxy) is 1. The minimum Gasteiger partial charge on any atom is -0.506 e. The lowest BCUT2D eigenvalue weighted by molar-refractivity contribution is -0.120. The second-order valence-electron chi connectivity index (χ2n) is 9.12. The predicted octanol–water partition coefficient (Wildman–Crippen LogP) is 2.61. The van der Waals surface area contributed by atoms with Crippen molar-refractivity contribution in [1.29, 1.82) is 0 Å². The number of hydrogen-bond donors (Lipinski definition) is 6. The van der Waals surface area contributed by atoms with Crippen LogP contribution in [0.15, 0.2) is 42.5 Å². The van der Waals surface area contributed by atoms with Gasteiger partial charge in [0.25, 0.3) is 0 Å². The van der Waals surface area contributed by atoms with Gasteiger partial charge in [0.15, 0.2) is 0 Å². The molecule has 0 aromatic heterocycles. The van der Waals surface area contributed by atoms with E-state index in [0.717, 1.165) is 17.5 Å². The summed E-state index contributed by atoms with van der Waals surface area (Å²) in [6, 6.07) is 11.6. The first-order valence-corrected chi connectivity index (χ1v) is 11.8. The summed E-state index contributed by atoms with van der Waals surface area (Å²) in [7, 11) is 0. The number of nitrogens with one attached hydrogen (secondary N) is 3. The van der Waals surface area contributed by atoms with Gasteiger partial charge in [-0.3, -0.25) is 4.79 Å². The molecule has 0 fully saturated rings. The largest absolute Gasteiger partial charge is 0.506 e. The van der Waals surface area contributed by atoms with Gasteiger partial charge >= 0.3 is 6.03 Å². The van der Waals surface area contributed by atoms with Gasteiger partial charge in [-0.05, 0) is 62.4 Å². The van der Waals surface area contributed by atoms with E-state index in [2.05, 4.69) is 16.0 Å². The Labute approximate surface area is 207 Å². The molecular formula is C26H38N4O5. The number of nitrogens with two attached hydrogens (primary N) is 1. The normalized spacial score (nSPS) is 12.2. The number of urea groups is 1. The zero-order valence-electron chi connectivity index (χ0n) is 20.8. The molecule has 0 saturated heterocycles. The Morgan fingerprint density at radius 1 is 1.14 bits per heavy atom. The molecule has 0 saturated carbocycles. The summed E-state index contributed by atoms with van der Waals surface area (Å²) in [5, 5.41) is 29.1. The molecular weight excluding hydrogens is 448 g/mol. The minimum atomic E-state index is -0.860. The number of aliphatic hydroxyl groups excluding tert-OH is 1. The highest BCUT2D eigenvalue weighted by Gasteiger charge is 2.21. The summed E-state index contributed by atoms with van der Waals surface area (Å²) in [6.07, 6.45) is 0.935. The van der Waals surface area contributed by atoms with Gasteiger partial charge in [-0.15, -0.1) is 0 Å². The number of amides is 3. The van der Waals surface area contributed by atoms with E-state index in [-0.39, 0.29) is 29.4 Å². The lowest BCUT2D eigenvalue weighted by Crippen LogP contribution is -2.43. The van der Waals surface area contributed by atoms with E-state index in [1.165, 1.54) is 12.1 Å². The quantitative estimate of drug-likeness (QED) is 0.179. The van der Waals surface area contributed by atoms with Crippen LogP contribution in [0, 0.1) is 0 Å². The molecule has 0 aliphatic carbocycles. The molecule has 7 N–H and O–H groups in total. The van der Waals surface area contributed by atoms with Crippen molar-refractivity contribution < 1.29 is 24.5 Å². The molecule has 0 aliphatic rings. The van der Waals surface area contributed by atoms with E-state index in [1.54, 1.807) is 6.07 Å². The fraction of sp³-hybridized carbons (Fsp3) is 0.462. The number of phenolic OH excluding ortho intramolecular Hbond substituents is 1. The molecule has 0 radical (unpaired) electrons. The number of β-amino-alcohol motifs (C(OH)–C–C–N with tert-alkyl or cyclic N) is 1. The summed E-state index contributed by atoms with van der Waals surface area (Å²) < 4.78 is 5.28. The average molecular weight is 487 g/mol. The van der Waals surface area contributed by atoms with Crippen LogP contribution in [0.5, 0.6) is 5.75 Å². The predicted molar refractivity (Wildman–Crippen MR) is 136 cm³/mol. The van der Waals surface area contributed by atoms with Crippen LogP contribution in [0.25, 0.3) is 0 Å². The van der Waals surface area contributed by atoms with Crippen molar-refractivity contribution in [2.75, 3.05) is 31.6 Å². The number of anilines is 1. The highest BCUT2D eigenvalue weighted by molar-refractivity contribution is 5.89. The third-order valence-electron chi connectivity index (χ3n) is 5.43. The summed E-state index contributed by atoms with van der Waals surface area (Å²) in [6.45, 7) is 8.19. The highest BCUT2D eigenvalue weighted by atomic mass is 16.5. The van der Waals surface area contributed by atoms with E-state index < -0.39 is 12.1 Å². The monoisotopic (exact) mass is 486 g/mol. The van der Waals surface area contributed by atoms with E-state index in [0.29, 0.717) is 38.2 Å². The Kier molecular flexibility index (Phi) is 11.0. The Morgan fingerprint density at radius 2 is 1.89 bits per heavy atom. The van der Waals surface area contributed by atoms with Gasteiger partial charge in [0, 0.05) is 31.8 Å². The molecule has 2 aromatic carbocycles.